The van der Waals surface area contributed by atoms with Crippen LogP contribution in [0.2, 0.25) is 0 Å². The maximum absolute atomic E-state index is 4.57. The number of hydrogen-bond donors (Lipinski definition) is 0. The van der Waals surface area contributed by atoms with E-state index in [2.05, 4.69) is 56.8 Å². The molecule has 0 N–H and O–H groups in total. The molecule has 0 radical (unpaired) electrons. The lowest BCUT2D eigenvalue weighted by atomic mass is 10.2. The van der Waals surface area contributed by atoms with Crippen molar-refractivity contribution in [3.8, 4) is 23.2 Å². The Morgan fingerprint density at radius 3 is 2.77 bits per heavy atom. The lowest BCUT2D eigenvalue weighted by Crippen LogP contribution is -2.03. The summed E-state index contributed by atoms with van der Waals surface area (Å²) in [6, 6.07) is 16.3. The van der Waals surface area contributed by atoms with Crippen LogP contribution in [0.1, 0.15) is 28.2 Å². The van der Waals surface area contributed by atoms with E-state index < -0.39 is 0 Å². The van der Waals surface area contributed by atoms with E-state index in [-0.39, 0.29) is 0 Å². The van der Waals surface area contributed by atoms with E-state index in [4.69, 9.17) is 0 Å². The molecule has 0 atom stereocenters. The Bertz CT molecular complexity index is 1170. The number of benzene rings is 2. The maximum atomic E-state index is 4.57. The lowest BCUT2D eigenvalue weighted by Gasteiger charge is -2.10. The molecule has 0 spiro atoms. The standard InChI is InChI=1S/C21H15N5/c1-15-7-10-19-21(11-15)26-17(13-23-24-26)12-20-18(22-14-25(19)20)9-8-16-5-3-2-4-6-16/h2-7,10-11,13-14H,12H2,1H3. The van der Waals surface area contributed by atoms with Gasteiger partial charge < -0.3 is 0 Å². The van der Waals surface area contributed by atoms with Crippen LogP contribution in [0.3, 0.4) is 0 Å². The molecule has 0 unspecified atom stereocenters. The molecule has 5 rings (SSSR count). The first-order valence-corrected chi connectivity index (χ1v) is 8.44. The van der Waals surface area contributed by atoms with Crippen LogP contribution in [-0.2, 0) is 6.42 Å². The van der Waals surface area contributed by atoms with Crippen molar-refractivity contribution in [2.45, 2.75) is 13.3 Å². The molecular formula is C21H15N5. The fraction of sp³-hybridized carbons (Fsp3) is 0.0952. The molecule has 0 fully saturated rings. The first-order chi connectivity index (χ1) is 12.8. The largest absolute Gasteiger partial charge is 0.299 e. The van der Waals surface area contributed by atoms with Crippen molar-refractivity contribution in [1.82, 2.24) is 24.5 Å². The van der Waals surface area contributed by atoms with Crippen molar-refractivity contribution in [3.05, 3.63) is 89.3 Å². The van der Waals surface area contributed by atoms with E-state index in [1.165, 1.54) is 5.56 Å². The fourth-order valence-electron chi connectivity index (χ4n) is 3.27. The first-order valence-electron chi connectivity index (χ1n) is 8.44. The van der Waals surface area contributed by atoms with Crippen molar-refractivity contribution in [3.63, 3.8) is 0 Å². The third-order valence-electron chi connectivity index (χ3n) is 4.55. The molecule has 26 heavy (non-hydrogen) atoms. The average molecular weight is 337 g/mol. The molecule has 0 saturated carbocycles. The van der Waals surface area contributed by atoms with Gasteiger partial charge in [-0.15, -0.1) is 5.10 Å². The predicted molar refractivity (Wildman–Crippen MR) is 98.4 cm³/mol. The molecule has 0 aliphatic carbocycles. The molecule has 124 valence electrons. The number of fused-ring (bicyclic) bond motifs is 5. The molecule has 5 nitrogen and oxygen atoms in total. The minimum absolute atomic E-state index is 0.680. The second-order valence-electron chi connectivity index (χ2n) is 6.33. The van der Waals surface area contributed by atoms with E-state index in [1.54, 1.807) is 0 Å². The van der Waals surface area contributed by atoms with Gasteiger partial charge in [0, 0.05) is 12.0 Å². The highest BCUT2D eigenvalue weighted by Gasteiger charge is 2.22. The van der Waals surface area contributed by atoms with Gasteiger partial charge in [-0.1, -0.05) is 35.4 Å². The highest BCUT2D eigenvalue weighted by Crippen LogP contribution is 2.28. The van der Waals surface area contributed by atoms with Gasteiger partial charge in [0.1, 0.15) is 12.0 Å². The molecule has 2 aromatic carbocycles. The molecule has 4 aromatic rings. The molecular weight excluding hydrogens is 322 g/mol. The second kappa shape index (κ2) is 5.71. The van der Waals surface area contributed by atoms with Crippen LogP contribution in [0.5, 0.6) is 0 Å². The number of rotatable bonds is 0. The highest BCUT2D eigenvalue weighted by molar-refractivity contribution is 5.58. The van der Waals surface area contributed by atoms with Crippen LogP contribution < -0.4 is 0 Å². The summed E-state index contributed by atoms with van der Waals surface area (Å²) in [6.45, 7) is 2.08. The summed E-state index contributed by atoms with van der Waals surface area (Å²) < 4.78 is 4.02. The van der Waals surface area contributed by atoms with Gasteiger partial charge in [-0.2, -0.15) is 0 Å². The van der Waals surface area contributed by atoms with Crippen molar-refractivity contribution >= 4 is 0 Å². The van der Waals surface area contributed by atoms with Crippen LogP contribution in [0.25, 0.3) is 11.4 Å². The highest BCUT2D eigenvalue weighted by atomic mass is 15.4. The minimum atomic E-state index is 0.680. The zero-order chi connectivity index (χ0) is 17.5. The van der Waals surface area contributed by atoms with Crippen LogP contribution in [0.4, 0.5) is 0 Å². The molecule has 3 heterocycles. The number of aromatic nitrogens is 5. The number of hydrogen-bond acceptors (Lipinski definition) is 3. The Morgan fingerprint density at radius 1 is 1.00 bits per heavy atom. The van der Waals surface area contributed by atoms with Gasteiger partial charge in [0.2, 0.25) is 0 Å². The van der Waals surface area contributed by atoms with Gasteiger partial charge in [0.15, 0.2) is 0 Å². The summed E-state index contributed by atoms with van der Waals surface area (Å²) in [5.74, 6) is 6.43. The molecule has 1 aliphatic rings. The normalized spacial score (nSPS) is 11.6. The van der Waals surface area contributed by atoms with E-state index in [0.29, 0.717) is 6.42 Å². The Balaban J connectivity index is 1.69. The monoisotopic (exact) mass is 337 g/mol. The van der Waals surface area contributed by atoms with E-state index in [9.17, 15) is 0 Å². The lowest BCUT2D eigenvalue weighted by molar-refractivity contribution is 0.777. The molecule has 0 saturated heterocycles. The van der Waals surface area contributed by atoms with E-state index >= 15 is 0 Å². The summed E-state index contributed by atoms with van der Waals surface area (Å²) in [7, 11) is 0. The summed E-state index contributed by atoms with van der Waals surface area (Å²) in [6.07, 6.45) is 4.33. The smallest absolute Gasteiger partial charge is 0.135 e. The van der Waals surface area contributed by atoms with Crippen molar-refractivity contribution < 1.29 is 0 Å². The second-order valence-corrected chi connectivity index (χ2v) is 6.33. The SMILES string of the molecule is Cc1ccc2c(c1)-n1nncc1Cc1c(C#Cc3ccccc3)ncn1-2. The van der Waals surface area contributed by atoms with Crippen LogP contribution in [0.15, 0.2) is 61.1 Å². The third kappa shape index (κ3) is 2.32. The molecule has 1 aliphatic heterocycles. The van der Waals surface area contributed by atoms with Gasteiger partial charge >= 0.3 is 0 Å². The Labute approximate surface area is 150 Å². The summed E-state index contributed by atoms with van der Waals surface area (Å²) >= 11 is 0. The average Bonchev–Trinajstić information content (AvgIpc) is 3.26. The fourth-order valence-corrected chi connectivity index (χ4v) is 3.27. The zero-order valence-corrected chi connectivity index (χ0v) is 14.2. The molecule has 0 amide bonds. The topological polar surface area (TPSA) is 48.5 Å². The van der Waals surface area contributed by atoms with Gasteiger partial charge in [0.05, 0.1) is 29.0 Å². The summed E-state index contributed by atoms with van der Waals surface area (Å²) in [4.78, 5) is 4.57. The van der Waals surface area contributed by atoms with Gasteiger partial charge in [-0.3, -0.25) is 4.57 Å². The van der Waals surface area contributed by atoms with Crippen LogP contribution >= 0.6 is 0 Å². The Hall–Kier alpha value is -3.65. The Morgan fingerprint density at radius 2 is 1.88 bits per heavy atom. The number of nitrogens with zero attached hydrogens (tertiary/aromatic N) is 5. The van der Waals surface area contributed by atoms with Gasteiger partial charge in [0.25, 0.3) is 0 Å². The minimum Gasteiger partial charge on any atom is -0.299 e. The predicted octanol–water partition coefficient (Wildman–Crippen LogP) is 3.07. The van der Waals surface area contributed by atoms with E-state index in [1.807, 2.05) is 47.5 Å². The van der Waals surface area contributed by atoms with Crippen LogP contribution in [-0.4, -0.2) is 24.5 Å². The van der Waals surface area contributed by atoms with Gasteiger partial charge in [-0.25, -0.2) is 9.67 Å². The molecule has 0 bridgehead atoms. The number of aryl methyl sites for hydroxylation is 1. The van der Waals surface area contributed by atoms with E-state index in [0.717, 1.165) is 34.0 Å². The van der Waals surface area contributed by atoms with Crippen LogP contribution in [0, 0.1) is 18.8 Å². The van der Waals surface area contributed by atoms with Gasteiger partial charge in [-0.05, 0) is 42.7 Å². The number of imidazole rings is 1. The molecule has 5 heteroatoms. The van der Waals surface area contributed by atoms with Crippen molar-refractivity contribution in [2.75, 3.05) is 0 Å². The quantitative estimate of drug-likeness (QED) is 0.408. The Kier molecular flexibility index (Phi) is 3.22. The first kappa shape index (κ1) is 14.7. The van der Waals surface area contributed by atoms with Crippen molar-refractivity contribution in [2.24, 2.45) is 0 Å². The maximum Gasteiger partial charge on any atom is 0.135 e. The third-order valence-corrected chi connectivity index (χ3v) is 4.55. The molecule has 2 aromatic heterocycles. The summed E-state index contributed by atoms with van der Waals surface area (Å²) in [5.41, 5.74) is 7.07. The van der Waals surface area contributed by atoms with Crippen molar-refractivity contribution in [1.29, 1.82) is 0 Å². The summed E-state index contributed by atoms with van der Waals surface area (Å²) in [5, 5.41) is 8.38. The zero-order valence-electron chi connectivity index (χ0n) is 14.2.